The van der Waals surface area contributed by atoms with E-state index in [9.17, 15) is 0 Å². The molecule has 1 saturated carbocycles. The smallest absolute Gasteiger partial charge is 0.000635 e. The monoisotopic (exact) mass is 127 g/mol. The van der Waals surface area contributed by atoms with Crippen molar-refractivity contribution in [1.82, 2.24) is 0 Å². The van der Waals surface area contributed by atoms with Crippen molar-refractivity contribution < 1.29 is 0 Å². The molecular formula is C6H9NS. The van der Waals surface area contributed by atoms with Crippen LogP contribution >= 0.6 is 12.2 Å². The van der Waals surface area contributed by atoms with Gasteiger partial charge in [0.15, 0.2) is 0 Å². The maximum atomic E-state index is 6.90. The fraction of sp³-hybridized carbons (Fsp3) is 0.667. The Bertz CT molecular complexity index is 97.1. The van der Waals surface area contributed by atoms with Crippen LogP contribution in [0.1, 0.15) is 12.8 Å². The zero-order valence-electron chi connectivity index (χ0n) is 4.63. The van der Waals surface area contributed by atoms with Crippen molar-refractivity contribution in [2.45, 2.75) is 12.8 Å². The Balaban J connectivity index is 2.36. The van der Waals surface area contributed by atoms with Gasteiger partial charge in [0.05, 0.1) is 0 Å². The SMILES string of the molecule is N=CC1CCC1C=S. The topological polar surface area (TPSA) is 23.9 Å². The molecule has 1 aliphatic carbocycles. The Morgan fingerprint density at radius 1 is 1.38 bits per heavy atom. The van der Waals surface area contributed by atoms with Crippen LogP contribution in [-0.4, -0.2) is 11.6 Å². The van der Waals surface area contributed by atoms with Gasteiger partial charge >= 0.3 is 0 Å². The van der Waals surface area contributed by atoms with E-state index in [2.05, 4.69) is 0 Å². The van der Waals surface area contributed by atoms with Gasteiger partial charge in [-0.1, -0.05) is 12.2 Å². The maximum absolute atomic E-state index is 6.90. The first-order chi connectivity index (χ1) is 3.88. The van der Waals surface area contributed by atoms with Gasteiger partial charge in [0.1, 0.15) is 0 Å². The van der Waals surface area contributed by atoms with Crippen molar-refractivity contribution in [3.8, 4) is 0 Å². The molecule has 1 N–H and O–H groups in total. The predicted molar refractivity (Wildman–Crippen MR) is 38.7 cm³/mol. The van der Waals surface area contributed by atoms with Gasteiger partial charge in [-0.05, 0) is 30.3 Å². The fourth-order valence-corrected chi connectivity index (χ4v) is 1.27. The molecule has 0 aromatic carbocycles. The van der Waals surface area contributed by atoms with E-state index in [0.717, 1.165) is 0 Å². The third-order valence-electron chi connectivity index (χ3n) is 1.77. The molecule has 0 spiro atoms. The summed E-state index contributed by atoms with van der Waals surface area (Å²) in [6.07, 6.45) is 3.88. The quantitative estimate of drug-likeness (QED) is 0.442. The second-order valence-corrected chi connectivity index (χ2v) is 2.48. The molecule has 1 aliphatic rings. The Morgan fingerprint density at radius 3 is 2.12 bits per heavy atom. The molecule has 0 saturated heterocycles. The third kappa shape index (κ3) is 0.802. The molecule has 0 aliphatic heterocycles. The van der Waals surface area contributed by atoms with Crippen LogP contribution in [0.4, 0.5) is 0 Å². The summed E-state index contributed by atoms with van der Waals surface area (Å²) in [5.74, 6) is 1.02. The van der Waals surface area contributed by atoms with E-state index in [-0.39, 0.29) is 0 Å². The van der Waals surface area contributed by atoms with Gasteiger partial charge in [0.2, 0.25) is 0 Å². The molecule has 0 aromatic heterocycles. The summed E-state index contributed by atoms with van der Waals surface area (Å²) < 4.78 is 0. The number of nitrogens with one attached hydrogen (secondary N) is 1. The largest absolute Gasteiger partial charge is 0.313 e. The molecule has 44 valence electrons. The molecule has 2 heteroatoms. The summed E-state index contributed by atoms with van der Waals surface area (Å²) in [6.45, 7) is 0. The number of rotatable bonds is 2. The minimum atomic E-state index is 0.479. The summed E-state index contributed by atoms with van der Waals surface area (Å²) in [6, 6.07) is 0. The molecule has 0 aromatic rings. The number of hydrogen-bond donors (Lipinski definition) is 1. The lowest BCUT2D eigenvalue weighted by atomic mass is 9.76. The normalized spacial score (nSPS) is 35.5. The van der Waals surface area contributed by atoms with Crippen LogP contribution in [0.25, 0.3) is 0 Å². The number of hydrogen-bond acceptors (Lipinski definition) is 2. The molecule has 1 nitrogen and oxygen atoms in total. The fourth-order valence-electron chi connectivity index (χ4n) is 0.927. The van der Waals surface area contributed by atoms with E-state index in [1.54, 1.807) is 5.37 Å². The first kappa shape index (κ1) is 5.89. The molecular weight excluding hydrogens is 118 g/mol. The van der Waals surface area contributed by atoms with Crippen molar-refractivity contribution in [3.05, 3.63) is 0 Å². The maximum Gasteiger partial charge on any atom is 0.000635 e. The van der Waals surface area contributed by atoms with Gasteiger partial charge in [0.25, 0.3) is 0 Å². The zero-order chi connectivity index (χ0) is 5.98. The van der Waals surface area contributed by atoms with Crippen LogP contribution in [0, 0.1) is 17.2 Å². The molecule has 0 heterocycles. The molecule has 1 fully saturated rings. The van der Waals surface area contributed by atoms with Gasteiger partial charge in [-0.2, -0.15) is 0 Å². The predicted octanol–water partition coefficient (Wildman–Crippen LogP) is 1.66. The molecule has 2 unspecified atom stereocenters. The standard InChI is InChI=1S/C6H9NS/c7-3-5-1-2-6(5)4-8/h3-7H,1-2H2. The van der Waals surface area contributed by atoms with Crippen LogP contribution in [0.3, 0.4) is 0 Å². The van der Waals surface area contributed by atoms with Gasteiger partial charge in [-0.3, -0.25) is 0 Å². The van der Waals surface area contributed by atoms with Crippen LogP contribution < -0.4 is 0 Å². The lowest BCUT2D eigenvalue weighted by Crippen LogP contribution is -2.26. The lowest BCUT2D eigenvalue weighted by molar-refractivity contribution is 0.346. The highest BCUT2D eigenvalue weighted by atomic mass is 32.1. The molecule has 0 radical (unpaired) electrons. The van der Waals surface area contributed by atoms with Crippen molar-refractivity contribution in [2.24, 2.45) is 11.8 Å². The Hall–Kier alpha value is -0.240. The van der Waals surface area contributed by atoms with Crippen molar-refractivity contribution >= 4 is 23.8 Å². The van der Waals surface area contributed by atoms with Crippen LogP contribution in [-0.2, 0) is 0 Å². The van der Waals surface area contributed by atoms with Crippen LogP contribution in [0.5, 0.6) is 0 Å². The molecule has 0 bridgehead atoms. The second kappa shape index (κ2) is 2.35. The molecule has 0 amide bonds. The summed E-state index contributed by atoms with van der Waals surface area (Å²) in [4.78, 5) is 0. The lowest BCUT2D eigenvalue weighted by Gasteiger charge is -2.29. The molecule has 1 rings (SSSR count). The summed E-state index contributed by atoms with van der Waals surface area (Å²) >= 11 is 4.74. The van der Waals surface area contributed by atoms with E-state index < -0.39 is 0 Å². The first-order valence-corrected chi connectivity index (χ1v) is 3.31. The van der Waals surface area contributed by atoms with E-state index in [1.165, 1.54) is 19.1 Å². The third-order valence-corrected chi connectivity index (χ3v) is 2.12. The van der Waals surface area contributed by atoms with Gasteiger partial charge in [-0.15, -0.1) is 0 Å². The van der Waals surface area contributed by atoms with Crippen molar-refractivity contribution in [2.75, 3.05) is 0 Å². The van der Waals surface area contributed by atoms with Crippen molar-refractivity contribution in [3.63, 3.8) is 0 Å². The Morgan fingerprint density at radius 2 is 2.00 bits per heavy atom. The zero-order valence-corrected chi connectivity index (χ0v) is 5.45. The Kier molecular flexibility index (Phi) is 1.73. The van der Waals surface area contributed by atoms with Gasteiger partial charge in [-0.25, -0.2) is 0 Å². The Labute approximate surface area is 54.6 Å². The molecule has 2 atom stereocenters. The van der Waals surface area contributed by atoms with E-state index in [0.29, 0.717) is 11.8 Å². The van der Waals surface area contributed by atoms with Gasteiger partial charge in [0, 0.05) is 5.92 Å². The highest BCUT2D eigenvalue weighted by Gasteiger charge is 2.26. The highest BCUT2D eigenvalue weighted by Crippen LogP contribution is 2.30. The minimum Gasteiger partial charge on any atom is -0.313 e. The van der Waals surface area contributed by atoms with Gasteiger partial charge < -0.3 is 5.41 Å². The highest BCUT2D eigenvalue weighted by molar-refractivity contribution is 7.79. The van der Waals surface area contributed by atoms with Crippen LogP contribution in [0.2, 0.25) is 0 Å². The summed E-state index contributed by atoms with van der Waals surface area (Å²) in [7, 11) is 0. The van der Waals surface area contributed by atoms with E-state index >= 15 is 0 Å². The summed E-state index contributed by atoms with van der Waals surface area (Å²) in [5, 5.41) is 8.69. The molecule has 8 heavy (non-hydrogen) atoms. The van der Waals surface area contributed by atoms with Crippen LogP contribution in [0.15, 0.2) is 0 Å². The minimum absolute atomic E-state index is 0.479. The number of thiocarbonyl (C=S) groups is 1. The van der Waals surface area contributed by atoms with E-state index in [1.807, 2.05) is 0 Å². The first-order valence-electron chi connectivity index (χ1n) is 2.84. The van der Waals surface area contributed by atoms with Crippen molar-refractivity contribution in [1.29, 1.82) is 5.41 Å². The summed E-state index contributed by atoms with van der Waals surface area (Å²) in [5.41, 5.74) is 0. The average molecular weight is 127 g/mol. The average Bonchev–Trinajstić information content (AvgIpc) is 1.66. The van der Waals surface area contributed by atoms with E-state index in [4.69, 9.17) is 17.6 Å². The second-order valence-electron chi connectivity index (χ2n) is 2.21.